The Bertz CT molecular complexity index is 302. The van der Waals surface area contributed by atoms with Gasteiger partial charge in [-0.05, 0) is 35.5 Å². The predicted molar refractivity (Wildman–Crippen MR) is 59.1 cm³/mol. The van der Waals surface area contributed by atoms with Gasteiger partial charge in [0.05, 0.1) is 0 Å². The molecule has 0 atom stereocenters. The zero-order chi connectivity index (χ0) is 9.97. The SMILES string of the molecule is CN1C=CC(=C2C=CN(C)C=C2)C=C1. The van der Waals surface area contributed by atoms with E-state index in [0.717, 1.165) is 0 Å². The minimum absolute atomic E-state index is 1.25. The van der Waals surface area contributed by atoms with Gasteiger partial charge < -0.3 is 9.80 Å². The zero-order valence-electron chi connectivity index (χ0n) is 8.51. The third kappa shape index (κ3) is 1.79. The van der Waals surface area contributed by atoms with Crippen molar-refractivity contribution in [2.45, 2.75) is 0 Å². The van der Waals surface area contributed by atoms with Crippen LogP contribution in [0.4, 0.5) is 0 Å². The van der Waals surface area contributed by atoms with Gasteiger partial charge in [0.2, 0.25) is 0 Å². The van der Waals surface area contributed by atoms with E-state index < -0.39 is 0 Å². The van der Waals surface area contributed by atoms with Crippen LogP contribution >= 0.6 is 0 Å². The number of nitrogens with zero attached hydrogens (tertiary/aromatic N) is 2. The van der Waals surface area contributed by atoms with Crippen LogP contribution in [0.3, 0.4) is 0 Å². The molecule has 0 unspecified atom stereocenters. The summed E-state index contributed by atoms with van der Waals surface area (Å²) in [5.41, 5.74) is 2.51. The average Bonchev–Trinajstić information content (AvgIpc) is 2.21. The molecule has 2 rings (SSSR count). The number of rotatable bonds is 0. The molecule has 0 amide bonds. The molecule has 0 aromatic rings. The molecule has 0 saturated heterocycles. The lowest BCUT2D eigenvalue weighted by atomic mass is 10.1. The molecule has 2 heterocycles. The van der Waals surface area contributed by atoms with Crippen LogP contribution in [0.5, 0.6) is 0 Å². The van der Waals surface area contributed by atoms with Gasteiger partial charge in [0.15, 0.2) is 0 Å². The van der Waals surface area contributed by atoms with Gasteiger partial charge in [0.1, 0.15) is 0 Å². The van der Waals surface area contributed by atoms with Crippen LogP contribution in [-0.2, 0) is 0 Å². The lowest BCUT2D eigenvalue weighted by molar-refractivity contribution is 0.616. The Labute approximate surface area is 84.8 Å². The molecule has 0 aliphatic carbocycles. The summed E-state index contributed by atoms with van der Waals surface area (Å²) in [5, 5.41) is 0. The zero-order valence-corrected chi connectivity index (χ0v) is 8.51. The summed E-state index contributed by atoms with van der Waals surface area (Å²) in [4.78, 5) is 4.07. The van der Waals surface area contributed by atoms with E-state index in [-0.39, 0.29) is 0 Å². The fourth-order valence-electron chi connectivity index (χ4n) is 1.39. The summed E-state index contributed by atoms with van der Waals surface area (Å²) in [7, 11) is 4.05. The van der Waals surface area contributed by atoms with Crippen molar-refractivity contribution in [1.29, 1.82) is 0 Å². The maximum atomic E-state index is 2.12. The van der Waals surface area contributed by atoms with Crippen molar-refractivity contribution >= 4 is 0 Å². The smallest absolute Gasteiger partial charge is 0.0106 e. The highest BCUT2D eigenvalue weighted by Gasteiger charge is 2.02. The Morgan fingerprint density at radius 3 is 1.21 bits per heavy atom. The molecule has 0 fully saturated rings. The maximum Gasteiger partial charge on any atom is 0.0106 e. The third-order valence-corrected chi connectivity index (χ3v) is 2.29. The average molecular weight is 186 g/mol. The molecule has 0 radical (unpaired) electrons. The van der Waals surface area contributed by atoms with E-state index in [2.05, 4.69) is 49.1 Å². The Balaban J connectivity index is 2.26. The van der Waals surface area contributed by atoms with Crippen molar-refractivity contribution in [3.63, 3.8) is 0 Å². The molecule has 0 N–H and O–H groups in total. The lowest BCUT2D eigenvalue weighted by Crippen LogP contribution is -2.06. The molecular formula is C12H14N2. The van der Waals surface area contributed by atoms with Crippen LogP contribution in [0.25, 0.3) is 0 Å². The number of hydrogen-bond donors (Lipinski definition) is 0. The molecule has 2 aliphatic rings. The molecule has 0 aromatic carbocycles. The van der Waals surface area contributed by atoms with E-state index >= 15 is 0 Å². The van der Waals surface area contributed by atoms with E-state index in [9.17, 15) is 0 Å². The van der Waals surface area contributed by atoms with Crippen LogP contribution in [0, 0.1) is 0 Å². The minimum atomic E-state index is 1.25. The van der Waals surface area contributed by atoms with Crippen LogP contribution in [0.2, 0.25) is 0 Å². The quantitative estimate of drug-likeness (QED) is 0.572. The van der Waals surface area contributed by atoms with E-state index in [0.29, 0.717) is 0 Å². The highest BCUT2D eigenvalue weighted by Crippen LogP contribution is 2.18. The summed E-state index contributed by atoms with van der Waals surface area (Å²) in [6.45, 7) is 0. The van der Waals surface area contributed by atoms with Crippen LogP contribution in [-0.4, -0.2) is 23.9 Å². The molecule has 0 aromatic heterocycles. The van der Waals surface area contributed by atoms with Crippen molar-refractivity contribution in [3.8, 4) is 0 Å². The molecule has 2 aliphatic heterocycles. The van der Waals surface area contributed by atoms with Crippen molar-refractivity contribution < 1.29 is 0 Å². The molecule has 72 valence electrons. The molecule has 0 saturated carbocycles. The van der Waals surface area contributed by atoms with E-state index in [1.165, 1.54) is 11.1 Å². The van der Waals surface area contributed by atoms with Crippen LogP contribution in [0.15, 0.2) is 60.3 Å². The first kappa shape index (κ1) is 8.88. The summed E-state index contributed by atoms with van der Waals surface area (Å²) in [6, 6.07) is 0. The maximum absolute atomic E-state index is 2.12. The van der Waals surface area contributed by atoms with Gasteiger partial charge in [-0.25, -0.2) is 0 Å². The number of allylic oxidation sites excluding steroid dienone is 6. The second-order valence-corrected chi connectivity index (χ2v) is 3.50. The summed E-state index contributed by atoms with van der Waals surface area (Å²) in [5.74, 6) is 0. The first-order valence-corrected chi connectivity index (χ1v) is 4.67. The summed E-state index contributed by atoms with van der Waals surface area (Å²) >= 11 is 0. The minimum Gasteiger partial charge on any atom is -0.357 e. The molecule has 2 nitrogen and oxygen atoms in total. The van der Waals surface area contributed by atoms with E-state index in [1.807, 2.05) is 23.9 Å². The second-order valence-electron chi connectivity index (χ2n) is 3.50. The Morgan fingerprint density at radius 1 is 0.643 bits per heavy atom. The highest BCUT2D eigenvalue weighted by molar-refractivity contribution is 5.48. The van der Waals surface area contributed by atoms with Crippen LogP contribution < -0.4 is 0 Å². The normalized spacial score (nSPS) is 19.9. The Hall–Kier alpha value is -1.70. The molecule has 2 heteroatoms. The van der Waals surface area contributed by atoms with Crippen molar-refractivity contribution in [3.05, 3.63) is 60.3 Å². The fourth-order valence-corrected chi connectivity index (χ4v) is 1.39. The fraction of sp³-hybridized carbons (Fsp3) is 0.167. The van der Waals surface area contributed by atoms with Gasteiger partial charge in [-0.2, -0.15) is 0 Å². The summed E-state index contributed by atoms with van der Waals surface area (Å²) in [6.07, 6.45) is 16.7. The topological polar surface area (TPSA) is 6.48 Å². The van der Waals surface area contributed by atoms with E-state index in [1.54, 1.807) is 0 Å². The van der Waals surface area contributed by atoms with Gasteiger partial charge in [-0.15, -0.1) is 0 Å². The standard InChI is InChI=1S/C12H14N2/c1-13-7-3-11(4-8-13)12-5-9-14(2)10-6-12/h3-10H,1-2H3. The van der Waals surface area contributed by atoms with Crippen molar-refractivity contribution in [2.24, 2.45) is 0 Å². The molecular weight excluding hydrogens is 172 g/mol. The Kier molecular flexibility index (Phi) is 2.27. The highest BCUT2D eigenvalue weighted by atomic mass is 15.1. The third-order valence-electron chi connectivity index (χ3n) is 2.29. The lowest BCUT2D eigenvalue weighted by Gasteiger charge is -2.16. The van der Waals surface area contributed by atoms with Gasteiger partial charge >= 0.3 is 0 Å². The largest absolute Gasteiger partial charge is 0.357 e. The van der Waals surface area contributed by atoms with Crippen LogP contribution in [0.1, 0.15) is 0 Å². The summed E-state index contributed by atoms with van der Waals surface area (Å²) < 4.78 is 0. The molecule has 0 bridgehead atoms. The van der Waals surface area contributed by atoms with Gasteiger partial charge in [-0.1, -0.05) is 0 Å². The second kappa shape index (κ2) is 3.58. The predicted octanol–water partition coefficient (Wildman–Crippen LogP) is 2.23. The van der Waals surface area contributed by atoms with Crippen molar-refractivity contribution in [2.75, 3.05) is 14.1 Å². The first-order valence-electron chi connectivity index (χ1n) is 4.67. The first-order chi connectivity index (χ1) is 6.75. The van der Waals surface area contributed by atoms with Gasteiger partial charge in [0.25, 0.3) is 0 Å². The van der Waals surface area contributed by atoms with Gasteiger partial charge in [-0.3, -0.25) is 0 Å². The number of hydrogen-bond acceptors (Lipinski definition) is 2. The van der Waals surface area contributed by atoms with E-state index in [4.69, 9.17) is 0 Å². The van der Waals surface area contributed by atoms with Gasteiger partial charge in [0, 0.05) is 38.9 Å². The Morgan fingerprint density at radius 2 is 0.929 bits per heavy atom. The molecule has 14 heavy (non-hydrogen) atoms. The monoisotopic (exact) mass is 186 g/mol. The van der Waals surface area contributed by atoms with Crippen molar-refractivity contribution in [1.82, 2.24) is 9.80 Å². The molecule has 0 spiro atoms.